The number of carboxylic acid groups (broad SMARTS) is 2. The number of aromatic amines is 1. The molecule has 2 fully saturated rings. The normalized spacial score (nSPS) is 19.3. The van der Waals surface area contributed by atoms with Crippen LogP contribution in [0.2, 0.25) is 0 Å². The molecule has 3 aliphatic rings. The number of benzene rings is 4. The summed E-state index contributed by atoms with van der Waals surface area (Å²) in [6, 6.07) is 27.2. The summed E-state index contributed by atoms with van der Waals surface area (Å²) in [5.74, 6) is -3.69. The van der Waals surface area contributed by atoms with Gasteiger partial charge in [-0.2, -0.15) is 0 Å². The van der Waals surface area contributed by atoms with Crippen molar-refractivity contribution in [2.45, 2.75) is 68.1 Å². The van der Waals surface area contributed by atoms with Crippen LogP contribution in [-0.4, -0.2) is 73.9 Å². The van der Waals surface area contributed by atoms with Crippen molar-refractivity contribution in [3.63, 3.8) is 0 Å². The lowest BCUT2D eigenvalue weighted by atomic mass is 9.86. The molecule has 308 valence electrons. The Bertz CT molecular complexity index is 2540. The molecule has 4 aromatic carbocycles. The minimum absolute atomic E-state index is 0.136. The molecule has 1 aliphatic carbocycles. The van der Waals surface area contributed by atoms with Gasteiger partial charge >= 0.3 is 12.2 Å². The van der Waals surface area contributed by atoms with Crippen molar-refractivity contribution in [2.24, 2.45) is 11.5 Å². The summed E-state index contributed by atoms with van der Waals surface area (Å²) in [6.07, 6.45) is 1.72. The van der Waals surface area contributed by atoms with Crippen LogP contribution in [-0.2, 0) is 43.1 Å². The van der Waals surface area contributed by atoms with Crippen molar-refractivity contribution in [3.8, 4) is 11.3 Å². The second kappa shape index (κ2) is 15.5. The van der Waals surface area contributed by atoms with Crippen LogP contribution in [0.1, 0.15) is 77.6 Å². The molecule has 60 heavy (non-hydrogen) atoms. The third-order valence-electron chi connectivity index (χ3n) is 12.4. The van der Waals surface area contributed by atoms with Crippen LogP contribution in [0, 0.1) is 0 Å². The number of carbonyl (C=O) groups is 6. The van der Waals surface area contributed by atoms with Crippen molar-refractivity contribution in [3.05, 3.63) is 130 Å². The molecule has 1 aromatic heterocycles. The summed E-state index contributed by atoms with van der Waals surface area (Å²) >= 11 is 0. The number of carbonyl (C=O) groups excluding carboxylic acids is 4. The lowest BCUT2D eigenvalue weighted by Gasteiger charge is -2.36. The number of amides is 6. The van der Waals surface area contributed by atoms with Gasteiger partial charge in [0.15, 0.2) is 0 Å². The quantitative estimate of drug-likeness (QED) is 0.0950. The van der Waals surface area contributed by atoms with Crippen molar-refractivity contribution in [1.29, 1.82) is 0 Å². The second-order valence-electron chi connectivity index (χ2n) is 15.7. The highest BCUT2D eigenvalue weighted by molar-refractivity contribution is 6.12. The molecule has 15 heteroatoms. The monoisotopic (exact) mass is 811 g/mol. The van der Waals surface area contributed by atoms with E-state index in [0.717, 1.165) is 63.7 Å². The summed E-state index contributed by atoms with van der Waals surface area (Å²) in [5.41, 5.74) is 14.1. The fourth-order valence-corrected chi connectivity index (χ4v) is 9.65. The van der Waals surface area contributed by atoms with Gasteiger partial charge in [-0.05, 0) is 90.5 Å². The van der Waals surface area contributed by atoms with E-state index in [4.69, 9.17) is 11.5 Å². The molecule has 0 bridgehead atoms. The first-order valence-corrected chi connectivity index (χ1v) is 20.0. The highest BCUT2D eigenvalue weighted by Gasteiger charge is 2.53. The Morgan fingerprint density at radius 3 is 1.63 bits per heavy atom. The molecule has 4 atom stereocenters. The van der Waals surface area contributed by atoms with E-state index >= 15 is 0 Å². The van der Waals surface area contributed by atoms with E-state index in [2.05, 4.69) is 27.8 Å². The topological polar surface area (TPSA) is 241 Å². The molecule has 3 heterocycles. The summed E-state index contributed by atoms with van der Waals surface area (Å²) in [6.45, 7) is 0.621. The molecule has 8 rings (SSSR count). The van der Waals surface area contributed by atoms with Crippen LogP contribution < -0.4 is 22.1 Å². The number of likely N-dealkylation sites (tertiary alicyclic amines) is 2. The molecule has 0 spiro atoms. The van der Waals surface area contributed by atoms with Gasteiger partial charge in [-0.3, -0.25) is 29.8 Å². The van der Waals surface area contributed by atoms with E-state index in [9.17, 15) is 39.0 Å². The number of H-pyrrole nitrogens is 1. The van der Waals surface area contributed by atoms with Gasteiger partial charge in [0.25, 0.3) is 23.6 Å². The molecule has 5 aromatic rings. The van der Waals surface area contributed by atoms with Crippen LogP contribution in [0.3, 0.4) is 0 Å². The molecule has 15 nitrogen and oxygen atoms in total. The number of hydrogen-bond acceptors (Lipinski definition) is 6. The van der Waals surface area contributed by atoms with Gasteiger partial charge in [-0.25, -0.2) is 9.59 Å². The zero-order valence-corrected chi connectivity index (χ0v) is 32.6. The van der Waals surface area contributed by atoms with Crippen LogP contribution in [0.15, 0.2) is 97.1 Å². The third kappa shape index (κ3) is 6.55. The molecule has 0 radical (unpaired) electrons. The number of nitrogens with zero attached hydrogens (tertiary/aromatic N) is 2. The van der Waals surface area contributed by atoms with Gasteiger partial charge in [-0.15, -0.1) is 0 Å². The first-order chi connectivity index (χ1) is 28.9. The Morgan fingerprint density at radius 2 is 1.13 bits per heavy atom. The van der Waals surface area contributed by atoms with Gasteiger partial charge in [0, 0.05) is 35.2 Å². The van der Waals surface area contributed by atoms with Crippen LogP contribution in [0.5, 0.6) is 0 Å². The Hall–Kier alpha value is -7.16. The van der Waals surface area contributed by atoms with Crippen molar-refractivity contribution in [1.82, 2.24) is 25.4 Å². The van der Waals surface area contributed by atoms with Crippen LogP contribution >= 0.6 is 0 Å². The second-order valence-corrected chi connectivity index (χ2v) is 15.7. The average Bonchev–Trinajstić information content (AvgIpc) is 3.99. The number of aryl methyl sites for hydroxylation is 2. The molecule has 2 aliphatic heterocycles. The molecular weight excluding hydrogens is 767 g/mol. The van der Waals surface area contributed by atoms with Crippen molar-refractivity contribution in [2.75, 3.05) is 13.1 Å². The lowest BCUT2D eigenvalue weighted by molar-refractivity contribution is -0.147. The zero-order valence-electron chi connectivity index (χ0n) is 32.6. The first-order valence-electron chi connectivity index (χ1n) is 20.0. The van der Waals surface area contributed by atoms with E-state index in [-0.39, 0.29) is 11.1 Å². The number of hydrogen-bond donors (Lipinski definition) is 7. The SMILES string of the molecule is NC(=O)C(NC(=O)O)(C(=O)N1CCCC1c1ccc2c(c1)CCCc1c-2[nH]c2ccc([C@@H]3CCCN3C(=O)[C@](NC(=O)O)(C(N)=O)c3ccccc3)cc12)c1ccccc1. The lowest BCUT2D eigenvalue weighted by Crippen LogP contribution is -2.63. The summed E-state index contributed by atoms with van der Waals surface area (Å²) < 4.78 is 0. The number of nitrogens with two attached hydrogens (primary N) is 2. The smallest absolute Gasteiger partial charge is 0.406 e. The standard InChI is InChI=1S/C45H45N7O8/c46-38(53)44(49-42(57)58,29-11-3-1-4-12-29)40(55)51-22-8-16-35(51)27-18-20-31-26(24-27)10-7-15-32-33-25-28(19-21-34(33)48-37(31)32)36-17-9-23-52(36)41(56)45(39(47)54,50-43(59)60)30-13-5-2-6-14-30/h1-6,11-14,18-21,24-25,35-36,48-50H,7-10,15-17,22-23H2,(H2,46,53)(H2,47,54)(H,57,58)(H,59,60)/t35?,36-,44?,45+/m0/s1. The highest BCUT2D eigenvalue weighted by Crippen LogP contribution is 2.43. The Balaban J connectivity index is 1.11. The maximum atomic E-state index is 14.4. The van der Waals surface area contributed by atoms with Gasteiger partial charge in [0.2, 0.25) is 11.1 Å². The summed E-state index contributed by atoms with van der Waals surface area (Å²) in [5, 5.41) is 25.0. The third-order valence-corrected chi connectivity index (χ3v) is 12.4. The van der Waals surface area contributed by atoms with E-state index in [1.165, 1.54) is 24.3 Å². The van der Waals surface area contributed by atoms with Gasteiger partial charge < -0.3 is 36.5 Å². The van der Waals surface area contributed by atoms with E-state index < -0.39 is 59.0 Å². The van der Waals surface area contributed by atoms with Crippen molar-refractivity contribution >= 4 is 46.7 Å². The van der Waals surface area contributed by atoms with E-state index in [1.54, 1.807) is 46.2 Å². The minimum Gasteiger partial charge on any atom is -0.465 e. The molecule has 6 amide bonds. The Kier molecular flexibility index (Phi) is 10.3. The molecule has 0 saturated carbocycles. The van der Waals surface area contributed by atoms with Gasteiger partial charge in [-0.1, -0.05) is 84.9 Å². The van der Waals surface area contributed by atoms with Crippen LogP contribution in [0.25, 0.3) is 22.2 Å². The predicted octanol–water partition coefficient (Wildman–Crippen LogP) is 4.95. The summed E-state index contributed by atoms with van der Waals surface area (Å²) in [7, 11) is 0. The molecule has 2 saturated heterocycles. The number of rotatable bonds is 10. The van der Waals surface area contributed by atoms with Gasteiger partial charge in [0.1, 0.15) is 0 Å². The van der Waals surface area contributed by atoms with Crippen molar-refractivity contribution < 1.29 is 39.0 Å². The Morgan fingerprint density at radius 1 is 0.633 bits per heavy atom. The molecular formula is C45H45N7O8. The number of fused-ring (bicyclic) bond motifs is 5. The number of primary amides is 2. The van der Waals surface area contributed by atoms with Gasteiger partial charge in [0.05, 0.1) is 12.1 Å². The molecule has 9 N–H and O–H groups in total. The predicted molar refractivity (Wildman–Crippen MR) is 220 cm³/mol. The number of aromatic nitrogens is 1. The van der Waals surface area contributed by atoms with E-state index in [1.807, 2.05) is 24.3 Å². The number of nitrogens with one attached hydrogen (secondary N) is 3. The average molecular weight is 812 g/mol. The largest absolute Gasteiger partial charge is 0.465 e. The van der Waals surface area contributed by atoms with Crippen LogP contribution in [0.4, 0.5) is 9.59 Å². The minimum atomic E-state index is -2.32. The molecule has 2 unspecified atom stereocenters. The maximum Gasteiger partial charge on any atom is 0.406 e. The highest BCUT2D eigenvalue weighted by atomic mass is 16.4. The van der Waals surface area contributed by atoms with E-state index in [0.29, 0.717) is 38.8 Å². The fraction of sp³-hybridized carbons (Fsp3) is 0.289. The fourth-order valence-electron chi connectivity index (χ4n) is 9.65. The first kappa shape index (κ1) is 39.7. The maximum absolute atomic E-state index is 14.4. The Labute approximate surface area is 344 Å². The zero-order chi connectivity index (χ0) is 42.3. The summed E-state index contributed by atoms with van der Waals surface area (Å²) in [4.78, 5) is 85.9.